The number of alkyl halides is 1. The first-order chi connectivity index (χ1) is 9.10. The Labute approximate surface area is 122 Å². The van der Waals surface area contributed by atoms with Gasteiger partial charge in [-0.2, -0.15) is 9.97 Å². The molecule has 0 saturated carbocycles. The van der Waals surface area contributed by atoms with E-state index in [1.165, 1.54) is 0 Å². The van der Waals surface area contributed by atoms with Gasteiger partial charge in [-0.25, -0.2) is 4.98 Å². The summed E-state index contributed by atoms with van der Waals surface area (Å²) in [7, 11) is 0. The van der Waals surface area contributed by atoms with Gasteiger partial charge < -0.3 is 21.3 Å². The number of nitrogens with zero attached hydrogens (tertiary/aromatic N) is 4. The van der Waals surface area contributed by atoms with Crippen molar-refractivity contribution in [2.45, 2.75) is 24.9 Å². The Morgan fingerprint density at radius 3 is 2.95 bits per heavy atom. The van der Waals surface area contributed by atoms with E-state index in [0.29, 0.717) is 17.6 Å². The standard InChI is InChI=1S/C10H13IN6O2/c11-2-5-4(18)1-6(19-5)17-3-14-7-8(12)15-10(13)16-9(7)17/h3-6,18H,1-2H2,(H4,12,13,15,16)/t4-,5+,6+/m0/s1. The molecule has 0 amide bonds. The van der Waals surface area contributed by atoms with E-state index in [2.05, 4.69) is 37.5 Å². The molecule has 1 saturated heterocycles. The first kappa shape index (κ1) is 12.8. The number of nitrogens with two attached hydrogens (primary N) is 2. The highest BCUT2D eigenvalue weighted by atomic mass is 127. The predicted molar refractivity (Wildman–Crippen MR) is 77.6 cm³/mol. The Hall–Kier alpha value is -1.20. The zero-order valence-corrected chi connectivity index (χ0v) is 12.1. The van der Waals surface area contributed by atoms with Crippen molar-refractivity contribution in [3.8, 4) is 0 Å². The maximum Gasteiger partial charge on any atom is 0.224 e. The molecular formula is C10H13IN6O2. The number of imidazole rings is 1. The quantitative estimate of drug-likeness (QED) is 0.501. The predicted octanol–water partition coefficient (Wildman–Crippen LogP) is 0.0741. The molecular weight excluding hydrogens is 363 g/mol. The van der Waals surface area contributed by atoms with E-state index >= 15 is 0 Å². The van der Waals surface area contributed by atoms with Gasteiger partial charge in [0.05, 0.1) is 18.5 Å². The summed E-state index contributed by atoms with van der Waals surface area (Å²) < 4.78 is 8.24. The summed E-state index contributed by atoms with van der Waals surface area (Å²) in [6, 6.07) is 0. The highest BCUT2D eigenvalue weighted by Gasteiger charge is 2.35. The number of aromatic nitrogens is 4. The zero-order chi connectivity index (χ0) is 13.6. The highest BCUT2D eigenvalue weighted by Crippen LogP contribution is 2.32. The number of fused-ring (bicyclic) bond motifs is 1. The van der Waals surface area contributed by atoms with Crippen LogP contribution >= 0.6 is 22.6 Å². The Balaban J connectivity index is 2.02. The van der Waals surface area contributed by atoms with E-state index in [1.54, 1.807) is 10.9 Å². The average molecular weight is 376 g/mol. The minimum atomic E-state index is -0.490. The number of halogens is 1. The monoisotopic (exact) mass is 376 g/mol. The minimum Gasteiger partial charge on any atom is -0.390 e. The molecule has 3 atom stereocenters. The summed E-state index contributed by atoms with van der Waals surface area (Å²) in [4.78, 5) is 12.2. The van der Waals surface area contributed by atoms with Crippen LogP contribution in [-0.4, -0.2) is 41.3 Å². The van der Waals surface area contributed by atoms with Crippen LogP contribution in [-0.2, 0) is 4.74 Å². The third-order valence-electron chi connectivity index (χ3n) is 3.13. The van der Waals surface area contributed by atoms with Crippen LogP contribution in [0.5, 0.6) is 0 Å². The van der Waals surface area contributed by atoms with E-state index in [1.807, 2.05) is 0 Å². The lowest BCUT2D eigenvalue weighted by Crippen LogP contribution is -2.21. The van der Waals surface area contributed by atoms with Crippen molar-refractivity contribution in [2.75, 3.05) is 15.9 Å². The first-order valence-electron chi connectivity index (χ1n) is 5.75. The van der Waals surface area contributed by atoms with Crippen molar-refractivity contribution in [3.63, 3.8) is 0 Å². The Kier molecular flexibility index (Phi) is 3.19. The summed E-state index contributed by atoms with van der Waals surface area (Å²) in [5.41, 5.74) is 12.4. The van der Waals surface area contributed by atoms with Gasteiger partial charge in [0.15, 0.2) is 11.5 Å². The molecule has 3 rings (SSSR count). The van der Waals surface area contributed by atoms with Gasteiger partial charge in [-0.15, -0.1) is 0 Å². The number of aliphatic hydroxyl groups is 1. The largest absolute Gasteiger partial charge is 0.390 e. The van der Waals surface area contributed by atoms with E-state index < -0.39 is 6.10 Å². The smallest absolute Gasteiger partial charge is 0.224 e. The summed E-state index contributed by atoms with van der Waals surface area (Å²) in [5.74, 6) is 0.334. The minimum absolute atomic E-state index is 0.0933. The second-order valence-corrected chi connectivity index (χ2v) is 5.26. The number of rotatable bonds is 2. The molecule has 0 radical (unpaired) electrons. The molecule has 1 fully saturated rings. The van der Waals surface area contributed by atoms with Gasteiger partial charge in [0.25, 0.3) is 0 Å². The molecule has 1 aliphatic rings. The Morgan fingerprint density at radius 2 is 2.26 bits per heavy atom. The molecule has 3 heterocycles. The van der Waals surface area contributed by atoms with Crippen LogP contribution in [0.1, 0.15) is 12.6 Å². The lowest BCUT2D eigenvalue weighted by Gasteiger charge is -2.13. The molecule has 2 aromatic heterocycles. The lowest BCUT2D eigenvalue weighted by atomic mass is 10.2. The second-order valence-electron chi connectivity index (χ2n) is 4.38. The molecule has 0 aliphatic carbocycles. The van der Waals surface area contributed by atoms with Crippen molar-refractivity contribution in [3.05, 3.63) is 6.33 Å². The van der Waals surface area contributed by atoms with Gasteiger partial charge in [-0.3, -0.25) is 4.57 Å². The molecule has 0 unspecified atom stereocenters. The molecule has 5 N–H and O–H groups in total. The fourth-order valence-electron chi connectivity index (χ4n) is 2.19. The summed E-state index contributed by atoms with van der Waals surface area (Å²) in [6.07, 6.45) is 1.09. The van der Waals surface area contributed by atoms with E-state index in [-0.39, 0.29) is 24.1 Å². The van der Waals surface area contributed by atoms with Crippen molar-refractivity contribution < 1.29 is 9.84 Å². The normalized spacial score (nSPS) is 27.2. The molecule has 0 spiro atoms. The fourth-order valence-corrected chi connectivity index (χ4v) is 2.99. The number of anilines is 2. The molecule has 9 heteroatoms. The second kappa shape index (κ2) is 4.72. The first-order valence-corrected chi connectivity index (χ1v) is 7.27. The molecule has 102 valence electrons. The number of nitrogen functional groups attached to an aromatic ring is 2. The van der Waals surface area contributed by atoms with Crippen LogP contribution in [0.3, 0.4) is 0 Å². The third kappa shape index (κ3) is 2.11. The van der Waals surface area contributed by atoms with Crippen LogP contribution in [0.2, 0.25) is 0 Å². The summed E-state index contributed by atoms with van der Waals surface area (Å²) in [5, 5.41) is 9.89. The van der Waals surface area contributed by atoms with Crippen LogP contribution < -0.4 is 11.5 Å². The van der Waals surface area contributed by atoms with Gasteiger partial charge in [-0.1, -0.05) is 22.6 Å². The maximum absolute atomic E-state index is 9.89. The molecule has 0 bridgehead atoms. The van der Waals surface area contributed by atoms with E-state index in [0.717, 1.165) is 4.43 Å². The zero-order valence-electron chi connectivity index (χ0n) is 9.90. The third-order valence-corrected chi connectivity index (χ3v) is 4.00. The number of ether oxygens (including phenoxy) is 1. The van der Waals surface area contributed by atoms with Crippen LogP contribution in [0, 0.1) is 0 Å². The van der Waals surface area contributed by atoms with Gasteiger partial charge in [0.1, 0.15) is 11.7 Å². The number of hydrogen-bond donors (Lipinski definition) is 3. The van der Waals surface area contributed by atoms with Gasteiger partial charge in [0, 0.05) is 10.8 Å². The van der Waals surface area contributed by atoms with Gasteiger partial charge >= 0.3 is 0 Å². The van der Waals surface area contributed by atoms with Gasteiger partial charge in [0.2, 0.25) is 5.95 Å². The van der Waals surface area contributed by atoms with Gasteiger partial charge in [-0.05, 0) is 0 Å². The number of aliphatic hydroxyl groups excluding tert-OH is 1. The Bertz CT molecular complexity index is 617. The topological polar surface area (TPSA) is 125 Å². The van der Waals surface area contributed by atoms with Crippen molar-refractivity contribution in [1.29, 1.82) is 0 Å². The van der Waals surface area contributed by atoms with Crippen molar-refractivity contribution in [2.24, 2.45) is 0 Å². The van der Waals surface area contributed by atoms with Crippen LogP contribution in [0.4, 0.5) is 11.8 Å². The molecule has 0 aromatic carbocycles. The SMILES string of the molecule is Nc1nc(N)c2ncn([C@H]3C[C@H](O)[C@@H](CI)O3)c2n1. The summed E-state index contributed by atoms with van der Waals surface area (Å²) >= 11 is 2.19. The molecule has 8 nitrogen and oxygen atoms in total. The molecule has 2 aromatic rings. The number of hydrogen-bond acceptors (Lipinski definition) is 7. The molecule has 19 heavy (non-hydrogen) atoms. The lowest BCUT2D eigenvalue weighted by molar-refractivity contribution is -0.00220. The van der Waals surface area contributed by atoms with Crippen LogP contribution in [0.25, 0.3) is 11.2 Å². The Morgan fingerprint density at radius 1 is 1.47 bits per heavy atom. The van der Waals surface area contributed by atoms with E-state index in [4.69, 9.17) is 16.2 Å². The van der Waals surface area contributed by atoms with Crippen molar-refractivity contribution >= 4 is 45.5 Å². The van der Waals surface area contributed by atoms with Crippen molar-refractivity contribution in [1.82, 2.24) is 19.5 Å². The highest BCUT2D eigenvalue weighted by molar-refractivity contribution is 14.1. The molecule has 1 aliphatic heterocycles. The maximum atomic E-state index is 9.89. The fraction of sp³-hybridized carbons (Fsp3) is 0.500. The average Bonchev–Trinajstić information content (AvgIpc) is 2.92. The summed E-state index contributed by atoms with van der Waals surface area (Å²) in [6.45, 7) is 0. The van der Waals surface area contributed by atoms with E-state index in [9.17, 15) is 5.11 Å². The van der Waals surface area contributed by atoms with Crippen LogP contribution in [0.15, 0.2) is 6.33 Å².